The highest BCUT2D eigenvalue weighted by molar-refractivity contribution is 7.80. The van der Waals surface area contributed by atoms with Gasteiger partial charge in [-0.15, -0.1) is 0 Å². The summed E-state index contributed by atoms with van der Waals surface area (Å²) in [5.41, 5.74) is 0.668. The largest absolute Gasteiger partial charge is 0.462 e. The molecule has 0 aliphatic carbocycles. The van der Waals surface area contributed by atoms with Gasteiger partial charge in [0.25, 0.3) is 0 Å². The summed E-state index contributed by atoms with van der Waals surface area (Å²) < 4.78 is 5.27. The first-order valence-corrected chi connectivity index (χ1v) is 9.55. The van der Waals surface area contributed by atoms with Gasteiger partial charge in [0.2, 0.25) is 0 Å². The maximum Gasteiger partial charge on any atom is 0.342 e. The molecule has 0 N–H and O–H groups in total. The minimum atomic E-state index is -1.27. The molecule has 24 heavy (non-hydrogen) atoms. The fourth-order valence-corrected chi connectivity index (χ4v) is 5.50. The molecular weight excluding hydrogens is 315 g/mol. The maximum atomic E-state index is 12.4. The van der Waals surface area contributed by atoms with Crippen LogP contribution >= 0.6 is 7.92 Å². The van der Waals surface area contributed by atoms with Crippen molar-refractivity contribution in [3.8, 4) is 0 Å². The van der Waals surface area contributed by atoms with Crippen molar-refractivity contribution in [2.75, 3.05) is 6.61 Å². The third-order valence-electron chi connectivity index (χ3n) is 3.82. The van der Waals surface area contributed by atoms with Crippen molar-refractivity contribution in [3.05, 3.63) is 90.5 Å². The van der Waals surface area contributed by atoms with Gasteiger partial charge in [-0.25, -0.2) is 4.79 Å². The zero-order valence-electron chi connectivity index (χ0n) is 13.6. The number of esters is 1. The van der Waals surface area contributed by atoms with Crippen LogP contribution in [0.2, 0.25) is 0 Å². The summed E-state index contributed by atoms with van der Waals surface area (Å²) in [4.78, 5) is 12.4. The Morgan fingerprint density at radius 1 is 0.792 bits per heavy atom. The molecule has 3 rings (SSSR count). The molecule has 0 aliphatic rings. The average molecular weight is 335 g/mol. The van der Waals surface area contributed by atoms with E-state index < -0.39 is 7.92 Å². The lowest BCUT2D eigenvalue weighted by Crippen LogP contribution is -2.25. The average Bonchev–Trinajstić information content (AvgIpc) is 2.64. The molecule has 0 spiro atoms. The third-order valence-corrected chi connectivity index (χ3v) is 6.61. The highest BCUT2D eigenvalue weighted by Crippen LogP contribution is 2.34. The fourth-order valence-electron chi connectivity index (χ4n) is 2.78. The van der Waals surface area contributed by atoms with Crippen molar-refractivity contribution in [1.29, 1.82) is 0 Å². The molecule has 0 atom stereocenters. The van der Waals surface area contributed by atoms with Gasteiger partial charge in [-0.2, -0.15) is 0 Å². The van der Waals surface area contributed by atoms with Gasteiger partial charge in [0.05, 0.1) is 14.5 Å². The van der Waals surface area contributed by atoms with Crippen LogP contribution in [0.5, 0.6) is 0 Å². The van der Waals surface area contributed by atoms with Gasteiger partial charge in [-0.1, -0.05) is 48.5 Å². The molecule has 120 valence electrons. The van der Waals surface area contributed by atoms with E-state index in [1.807, 2.05) is 37.3 Å². The van der Waals surface area contributed by atoms with E-state index in [2.05, 4.69) is 54.6 Å². The monoisotopic (exact) mass is 335 g/mol. The van der Waals surface area contributed by atoms with Crippen molar-refractivity contribution in [2.45, 2.75) is 6.92 Å². The topological polar surface area (TPSA) is 26.3 Å². The van der Waals surface area contributed by atoms with Gasteiger partial charge in [0.1, 0.15) is 21.5 Å². The minimum Gasteiger partial charge on any atom is -0.462 e. The second-order valence-corrected chi connectivity index (χ2v) is 7.82. The number of benzene rings is 3. The van der Waals surface area contributed by atoms with Gasteiger partial charge in [0.15, 0.2) is 0 Å². The van der Waals surface area contributed by atoms with Crippen LogP contribution in [0.25, 0.3) is 0 Å². The highest BCUT2D eigenvalue weighted by atomic mass is 31.1. The highest BCUT2D eigenvalue weighted by Gasteiger charge is 2.30. The molecule has 0 heterocycles. The van der Waals surface area contributed by atoms with Gasteiger partial charge in [-0.3, -0.25) is 0 Å². The van der Waals surface area contributed by atoms with E-state index in [9.17, 15) is 4.79 Å². The van der Waals surface area contributed by atoms with Crippen LogP contribution < -0.4 is 15.9 Å². The number of hydrogen-bond acceptors (Lipinski definition) is 2. The summed E-state index contributed by atoms with van der Waals surface area (Å²) in [6.45, 7) is 2.21. The Balaban J connectivity index is 2.16. The lowest BCUT2D eigenvalue weighted by molar-refractivity contribution is 0.0528. The summed E-state index contributed by atoms with van der Waals surface area (Å²) in [6, 6.07) is 28.6. The Kier molecular flexibility index (Phi) is 5.40. The number of ether oxygens (including phenoxy) is 1. The molecule has 3 aromatic carbocycles. The molecule has 0 bridgehead atoms. The molecule has 0 aromatic heterocycles. The van der Waals surface area contributed by atoms with Gasteiger partial charge in [-0.05, 0) is 43.3 Å². The van der Waals surface area contributed by atoms with Crippen molar-refractivity contribution in [2.24, 2.45) is 0 Å². The number of carbonyl (C=O) groups excluding carboxylic acids is 1. The Morgan fingerprint density at radius 3 is 1.83 bits per heavy atom. The van der Waals surface area contributed by atoms with E-state index in [1.54, 1.807) is 0 Å². The van der Waals surface area contributed by atoms with Crippen LogP contribution in [0.15, 0.2) is 84.9 Å². The Bertz CT molecular complexity index is 761. The second-order valence-electron chi connectivity index (χ2n) is 5.37. The summed E-state index contributed by atoms with van der Waals surface area (Å²) in [5, 5.41) is 3.58. The molecular formula is C21H20O2P+. The van der Waals surface area contributed by atoms with E-state index in [1.165, 1.54) is 10.6 Å². The van der Waals surface area contributed by atoms with Crippen molar-refractivity contribution in [3.63, 3.8) is 0 Å². The van der Waals surface area contributed by atoms with E-state index >= 15 is 0 Å². The Labute approximate surface area is 143 Å². The van der Waals surface area contributed by atoms with Gasteiger partial charge >= 0.3 is 5.97 Å². The predicted octanol–water partition coefficient (Wildman–Crippen LogP) is 3.35. The molecule has 0 amide bonds. The van der Waals surface area contributed by atoms with Crippen LogP contribution in [0, 0.1) is 0 Å². The molecule has 3 aromatic rings. The fraction of sp³-hybridized carbons (Fsp3) is 0.0952. The quantitative estimate of drug-likeness (QED) is 0.528. The summed E-state index contributed by atoms with van der Waals surface area (Å²) in [5.74, 6) is -0.248. The smallest absolute Gasteiger partial charge is 0.342 e. The van der Waals surface area contributed by atoms with E-state index in [4.69, 9.17) is 4.74 Å². The number of carbonyl (C=O) groups is 1. The number of hydrogen-bond donors (Lipinski definition) is 0. The van der Waals surface area contributed by atoms with E-state index in [0.29, 0.717) is 12.2 Å². The molecule has 0 saturated carbocycles. The molecule has 0 radical (unpaired) electrons. The van der Waals surface area contributed by atoms with Crippen molar-refractivity contribution in [1.82, 2.24) is 0 Å². The lowest BCUT2D eigenvalue weighted by atomic mass is 10.2. The van der Waals surface area contributed by atoms with Crippen LogP contribution in [0.1, 0.15) is 17.3 Å². The first kappa shape index (κ1) is 16.4. The SMILES string of the molecule is CCOC(=O)c1ccccc1[PH+](c1ccccc1)c1ccccc1. The molecule has 2 nitrogen and oxygen atoms in total. The zero-order valence-corrected chi connectivity index (χ0v) is 14.6. The summed E-state index contributed by atoms with van der Waals surface area (Å²) >= 11 is 0. The standard InChI is InChI=1S/C21H19O2P/c1-2-23-21(22)19-15-9-10-16-20(19)24(17-11-5-3-6-12-17)18-13-7-4-8-14-18/h3-16H,2H2,1H3/p+1. The molecule has 0 aliphatic heterocycles. The molecule has 0 unspecified atom stereocenters. The van der Waals surface area contributed by atoms with Crippen LogP contribution in [0.3, 0.4) is 0 Å². The lowest BCUT2D eigenvalue weighted by Gasteiger charge is -2.13. The van der Waals surface area contributed by atoms with Crippen LogP contribution in [0.4, 0.5) is 0 Å². The molecule has 0 fully saturated rings. The number of rotatable bonds is 5. The normalized spacial score (nSPS) is 10.6. The zero-order chi connectivity index (χ0) is 16.8. The summed E-state index contributed by atoms with van der Waals surface area (Å²) in [7, 11) is -1.27. The first-order valence-electron chi connectivity index (χ1n) is 8.05. The second kappa shape index (κ2) is 7.90. The van der Waals surface area contributed by atoms with Crippen LogP contribution in [-0.4, -0.2) is 12.6 Å². The van der Waals surface area contributed by atoms with E-state index in [0.717, 1.165) is 5.30 Å². The Morgan fingerprint density at radius 2 is 1.29 bits per heavy atom. The molecule has 3 heteroatoms. The summed E-state index contributed by atoms with van der Waals surface area (Å²) in [6.07, 6.45) is 0. The minimum absolute atomic E-state index is 0.248. The predicted molar refractivity (Wildman–Crippen MR) is 102 cm³/mol. The van der Waals surface area contributed by atoms with Crippen molar-refractivity contribution < 1.29 is 9.53 Å². The first-order chi connectivity index (χ1) is 11.8. The Hall–Kier alpha value is -2.44. The third kappa shape index (κ3) is 3.55. The van der Waals surface area contributed by atoms with E-state index in [-0.39, 0.29) is 5.97 Å². The maximum absolute atomic E-state index is 12.4. The molecule has 0 saturated heterocycles. The van der Waals surface area contributed by atoms with Gasteiger partial charge < -0.3 is 4.74 Å². The van der Waals surface area contributed by atoms with Crippen LogP contribution in [-0.2, 0) is 4.74 Å². The van der Waals surface area contributed by atoms with Crippen molar-refractivity contribution >= 4 is 29.8 Å². The van der Waals surface area contributed by atoms with Gasteiger partial charge in [0, 0.05) is 0 Å².